The molecule has 5 heteroatoms. The van der Waals surface area contributed by atoms with Gasteiger partial charge in [-0.25, -0.2) is 8.78 Å². The van der Waals surface area contributed by atoms with Crippen LogP contribution in [0.5, 0.6) is 0 Å². The molecule has 0 radical (unpaired) electrons. The van der Waals surface area contributed by atoms with Crippen molar-refractivity contribution in [3.63, 3.8) is 0 Å². The largest absolute Gasteiger partial charge is 0.311 e. The van der Waals surface area contributed by atoms with Crippen molar-refractivity contribution >= 4 is 34.2 Å². The normalized spacial score (nSPS) is 19.5. The number of carbonyl (C=O) groups is 1. The van der Waals surface area contributed by atoms with Gasteiger partial charge in [-0.1, -0.05) is 0 Å². The molecule has 1 heterocycles. The number of hydrogen-bond donors (Lipinski definition) is 0. The number of rotatable bonds is 1. The first-order valence-electron chi connectivity index (χ1n) is 4.94. The molecule has 1 aliphatic rings. The van der Waals surface area contributed by atoms with E-state index in [2.05, 4.69) is 5.92 Å². The minimum atomic E-state index is -0.669. The van der Waals surface area contributed by atoms with Gasteiger partial charge in [0.1, 0.15) is 11.6 Å². The summed E-state index contributed by atoms with van der Waals surface area (Å²) < 4.78 is 26.7. The highest BCUT2D eigenvalue weighted by molar-refractivity contribution is 14.1. The van der Waals surface area contributed by atoms with Crippen molar-refractivity contribution in [2.75, 3.05) is 11.4 Å². The lowest BCUT2D eigenvalue weighted by Crippen LogP contribution is -2.24. The van der Waals surface area contributed by atoms with Crippen molar-refractivity contribution in [1.82, 2.24) is 0 Å². The van der Waals surface area contributed by atoms with Crippen LogP contribution in [0.2, 0.25) is 0 Å². The molecule has 0 aliphatic carbocycles. The molecule has 0 N–H and O–H groups in total. The van der Waals surface area contributed by atoms with E-state index in [1.165, 1.54) is 4.90 Å². The van der Waals surface area contributed by atoms with Gasteiger partial charge in [0.05, 0.1) is 3.57 Å². The van der Waals surface area contributed by atoms with E-state index in [9.17, 15) is 13.6 Å². The van der Waals surface area contributed by atoms with E-state index in [1.807, 2.05) is 0 Å². The van der Waals surface area contributed by atoms with E-state index in [-0.39, 0.29) is 27.5 Å². The fourth-order valence-electron chi connectivity index (χ4n) is 1.77. The Morgan fingerprint density at radius 3 is 2.47 bits per heavy atom. The Balaban J connectivity index is 2.36. The molecule has 1 saturated heterocycles. The first-order valence-corrected chi connectivity index (χ1v) is 6.02. The van der Waals surface area contributed by atoms with Crippen molar-refractivity contribution in [3.05, 3.63) is 27.3 Å². The van der Waals surface area contributed by atoms with Gasteiger partial charge in [-0.3, -0.25) is 4.79 Å². The number of terminal acetylenes is 1. The zero-order valence-corrected chi connectivity index (χ0v) is 10.9. The molecular formula is C12H8F2INO. The molecule has 1 aromatic rings. The van der Waals surface area contributed by atoms with Crippen LogP contribution < -0.4 is 4.90 Å². The zero-order valence-electron chi connectivity index (χ0n) is 8.71. The molecular weight excluding hydrogens is 339 g/mol. The van der Waals surface area contributed by atoms with Gasteiger partial charge in [0.2, 0.25) is 5.91 Å². The monoisotopic (exact) mass is 347 g/mol. The highest BCUT2D eigenvalue weighted by atomic mass is 127. The maximum absolute atomic E-state index is 13.4. The van der Waals surface area contributed by atoms with Crippen LogP contribution in [-0.4, -0.2) is 12.5 Å². The Hall–Kier alpha value is -1.16. The minimum absolute atomic E-state index is 0.0773. The topological polar surface area (TPSA) is 20.3 Å². The second-order valence-corrected chi connectivity index (χ2v) is 4.87. The molecule has 1 unspecified atom stereocenters. The van der Waals surface area contributed by atoms with Crippen molar-refractivity contribution < 1.29 is 13.6 Å². The smallest absolute Gasteiger partial charge is 0.228 e. The van der Waals surface area contributed by atoms with Gasteiger partial charge >= 0.3 is 0 Å². The van der Waals surface area contributed by atoms with Crippen LogP contribution in [0.4, 0.5) is 14.5 Å². The highest BCUT2D eigenvalue weighted by Crippen LogP contribution is 2.28. The molecule has 1 fully saturated rings. The number of hydrogen-bond acceptors (Lipinski definition) is 1. The van der Waals surface area contributed by atoms with Gasteiger partial charge in [-0.05, 0) is 34.7 Å². The van der Waals surface area contributed by atoms with E-state index in [0.29, 0.717) is 6.54 Å². The van der Waals surface area contributed by atoms with Gasteiger partial charge in [-0.15, -0.1) is 12.3 Å². The highest BCUT2D eigenvalue weighted by Gasteiger charge is 2.30. The SMILES string of the molecule is C#CC1CC(=O)N(c2cc(F)c(I)c(F)c2)C1. The predicted molar refractivity (Wildman–Crippen MR) is 68.4 cm³/mol. The van der Waals surface area contributed by atoms with Gasteiger partial charge < -0.3 is 4.90 Å². The van der Waals surface area contributed by atoms with E-state index in [4.69, 9.17) is 6.42 Å². The van der Waals surface area contributed by atoms with Crippen molar-refractivity contribution in [2.45, 2.75) is 6.42 Å². The summed E-state index contributed by atoms with van der Waals surface area (Å²) in [4.78, 5) is 13.0. The third-order valence-electron chi connectivity index (χ3n) is 2.64. The number of nitrogens with zero attached hydrogens (tertiary/aromatic N) is 1. The summed E-state index contributed by atoms with van der Waals surface area (Å²) in [6.07, 6.45) is 5.47. The maximum atomic E-state index is 13.4. The first-order chi connectivity index (χ1) is 8.02. The number of amides is 1. The quantitative estimate of drug-likeness (QED) is 0.434. The van der Waals surface area contributed by atoms with Gasteiger partial charge in [0, 0.05) is 24.6 Å². The molecule has 2 nitrogen and oxygen atoms in total. The lowest BCUT2D eigenvalue weighted by Gasteiger charge is -2.16. The lowest BCUT2D eigenvalue weighted by atomic mass is 10.1. The minimum Gasteiger partial charge on any atom is -0.311 e. The Labute approximate surface area is 111 Å². The first kappa shape index (κ1) is 12.3. The third-order valence-corrected chi connectivity index (χ3v) is 3.67. The number of halogens is 3. The summed E-state index contributed by atoms with van der Waals surface area (Å²) in [5.41, 5.74) is 0.225. The van der Waals surface area contributed by atoms with Crippen molar-refractivity contribution in [3.8, 4) is 12.3 Å². The molecule has 2 rings (SSSR count). The average molecular weight is 347 g/mol. The molecule has 1 aliphatic heterocycles. The van der Waals surface area contributed by atoms with Gasteiger partial charge in [0.15, 0.2) is 0 Å². The summed E-state index contributed by atoms with van der Waals surface area (Å²) >= 11 is 1.58. The molecule has 1 atom stereocenters. The molecule has 0 saturated carbocycles. The molecule has 17 heavy (non-hydrogen) atoms. The van der Waals surface area contributed by atoms with E-state index < -0.39 is 11.6 Å². The molecule has 88 valence electrons. The van der Waals surface area contributed by atoms with E-state index in [0.717, 1.165) is 12.1 Å². The van der Waals surface area contributed by atoms with E-state index >= 15 is 0 Å². The Kier molecular flexibility index (Phi) is 3.33. The Bertz CT molecular complexity index is 501. The van der Waals surface area contributed by atoms with Crippen LogP contribution in [0, 0.1) is 33.5 Å². The molecule has 1 amide bonds. The zero-order chi connectivity index (χ0) is 12.6. The third kappa shape index (κ3) is 2.27. The number of anilines is 1. The Morgan fingerprint density at radius 1 is 1.41 bits per heavy atom. The van der Waals surface area contributed by atoms with Gasteiger partial charge in [0.25, 0.3) is 0 Å². The second kappa shape index (κ2) is 4.61. The van der Waals surface area contributed by atoms with Crippen molar-refractivity contribution in [1.29, 1.82) is 0 Å². The average Bonchev–Trinajstić information content (AvgIpc) is 2.67. The van der Waals surface area contributed by atoms with Crippen LogP contribution in [0.3, 0.4) is 0 Å². The van der Waals surface area contributed by atoms with Crippen LogP contribution >= 0.6 is 22.6 Å². The van der Waals surface area contributed by atoms with E-state index in [1.54, 1.807) is 22.6 Å². The molecule has 0 bridgehead atoms. The summed E-state index contributed by atoms with van der Waals surface area (Å²) in [5, 5.41) is 0. The van der Waals surface area contributed by atoms with Gasteiger partial charge in [-0.2, -0.15) is 0 Å². The fourth-order valence-corrected chi connectivity index (χ4v) is 2.08. The second-order valence-electron chi connectivity index (χ2n) is 3.80. The number of benzene rings is 1. The van der Waals surface area contributed by atoms with Crippen LogP contribution in [-0.2, 0) is 4.79 Å². The Morgan fingerprint density at radius 2 is 2.00 bits per heavy atom. The summed E-state index contributed by atoms with van der Waals surface area (Å²) in [6.45, 7) is 0.314. The summed E-state index contributed by atoms with van der Waals surface area (Å²) in [6, 6.07) is 2.31. The molecule has 0 spiro atoms. The lowest BCUT2D eigenvalue weighted by molar-refractivity contribution is -0.117. The maximum Gasteiger partial charge on any atom is 0.228 e. The summed E-state index contributed by atoms with van der Waals surface area (Å²) in [7, 11) is 0. The van der Waals surface area contributed by atoms with Crippen molar-refractivity contribution in [2.24, 2.45) is 5.92 Å². The summed E-state index contributed by atoms with van der Waals surface area (Å²) in [5.74, 6) is 0.757. The fraction of sp³-hybridized carbons (Fsp3) is 0.250. The molecule has 1 aromatic carbocycles. The van der Waals surface area contributed by atoms with Crippen LogP contribution in [0.25, 0.3) is 0 Å². The van der Waals surface area contributed by atoms with Crippen LogP contribution in [0.1, 0.15) is 6.42 Å². The number of carbonyl (C=O) groups excluding carboxylic acids is 1. The van der Waals surface area contributed by atoms with Crippen LogP contribution in [0.15, 0.2) is 12.1 Å². The predicted octanol–water partition coefficient (Wildman–Crippen LogP) is 2.56. The molecule has 0 aromatic heterocycles. The standard InChI is InChI=1S/C12H8F2INO/c1-2-7-3-11(17)16(6-7)8-4-9(13)12(15)10(14)5-8/h1,4-5,7H,3,6H2.